The molecule has 0 bridgehead atoms. The molecule has 1 aromatic carbocycles. The summed E-state index contributed by atoms with van der Waals surface area (Å²) in [5.74, 6) is 0. The lowest BCUT2D eigenvalue weighted by Gasteiger charge is -1.90. The van der Waals surface area contributed by atoms with Crippen molar-refractivity contribution in [3.63, 3.8) is 0 Å². The van der Waals surface area contributed by atoms with Crippen molar-refractivity contribution in [3.8, 4) is 0 Å². The van der Waals surface area contributed by atoms with Gasteiger partial charge in [-0.3, -0.25) is 0 Å². The van der Waals surface area contributed by atoms with E-state index in [-0.39, 0.29) is 0 Å². The number of rotatable bonds is 0. The van der Waals surface area contributed by atoms with Gasteiger partial charge in [0.25, 0.3) is 0 Å². The van der Waals surface area contributed by atoms with Crippen molar-refractivity contribution in [2.75, 3.05) is 0 Å². The van der Waals surface area contributed by atoms with Crippen molar-refractivity contribution in [3.05, 3.63) is 28.4 Å². The molecule has 2 rings (SSSR count). The molecule has 0 aliphatic carbocycles. The summed E-state index contributed by atoms with van der Waals surface area (Å²) in [4.78, 5) is 0. The van der Waals surface area contributed by atoms with Crippen LogP contribution in [0.15, 0.2) is 22.8 Å². The number of halogens is 1. The molecule has 0 radical (unpaired) electrons. The summed E-state index contributed by atoms with van der Waals surface area (Å²) in [6.07, 6.45) is 0. The Labute approximate surface area is 77.3 Å². The van der Waals surface area contributed by atoms with Crippen LogP contribution in [0.1, 0.15) is 5.56 Å². The zero-order valence-electron chi connectivity index (χ0n) is 5.97. The lowest BCUT2D eigenvalue weighted by atomic mass is 10.2. The number of fused-ring (bicyclic) bond motifs is 1. The topological polar surface area (TPSA) is 12.9 Å². The van der Waals surface area contributed by atoms with E-state index in [9.17, 15) is 0 Å². The summed E-state index contributed by atoms with van der Waals surface area (Å²) in [6.45, 7) is 2.09. The van der Waals surface area contributed by atoms with Gasteiger partial charge in [0.05, 0.1) is 4.70 Å². The minimum atomic E-state index is 0.956. The van der Waals surface area contributed by atoms with E-state index in [1.54, 1.807) is 0 Å². The molecular weight excluding hydrogens is 222 g/mol. The molecule has 0 atom stereocenters. The molecule has 1 nitrogen and oxygen atoms in total. The molecule has 2 aromatic rings. The third kappa shape index (κ3) is 1.19. The van der Waals surface area contributed by atoms with E-state index in [1.807, 2.05) is 0 Å². The van der Waals surface area contributed by atoms with Crippen LogP contribution in [0.3, 0.4) is 0 Å². The highest BCUT2D eigenvalue weighted by Crippen LogP contribution is 2.27. The lowest BCUT2D eigenvalue weighted by Crippen LogP contribution is -1.68. The van der Waals surface area contributed by atoms with Gasteiger partial charge in [-0.05, 0) is 46.0 Å². The first kappa shape index (κ1) is 7.25. The van der Waals surface area contributed by atoms with Gasteiger partial charge in [0.2, 0.25) is 0 Å². The number of nitrogens with zero attached hydrogens (tertiary/aromatic N) is 1. The van der Waals surface area contributed by atoms with Crippen molar-refractivity contribution >= 4 is 37.5 Å². The van der Waals surface area contributed by atoms with Gasteiger partial charge in [0, 0.05) is 5.39 Å². The predicted molar refractivity (Wildman–Crippen MR) is 52.1 cm³/mol. The largest absolute Gasteiger partial charge is 0.184 e. The maximum absolute atomic E-state index is 4.20. The Morgan fingerprint density at radius 3 is 3.09 bits per heavy atom. The molecule has 0 aliphatic heterocycles. The Morgan fingerprint density at radius 2 is 2.27 bits per heavy atom. The highest BCUT2D eigenvalue weighted by Gasteiger charge is 2.01. The van der Waals surface area contributed by atoms with E-state index in [4.69, 9.17) is 0 Å². The van der Waals surface area contributed by atoms with Crippen molar-refractivity contribution < 1.29 is 0 Å². The normalized spacial score (nSPS) is 10.7. The van der Waals surface area contributed by atoms with Gasteiger partial charge in [-0.25, -0.2) is 0 Å². The average molecular weight is 228 g/mol. The van der Waals surface area contributed by atoms with Gasteiger partial charge in [-0.2, -0.15) is 4.37 Å². The number of hydrogen-bond acceptors (Lipinski definition) is 2. The molecule has 1 heterocycles. The first-order chi connectivity index (χ1) is 5.27. The SMILES string of the molecule is Cc1ccc2c(Br)nsc2c1. The van der Waals surface area contributed by atoms with E-state index in [1.165, 1.54) is 27.2 Å². The van der Waals surface area contributed by atoms with Crippen LogP contribution in [0, 0.1) is 6.92 Å². The summed E-state index contributed by atoms with van der Waals surface area (Å²) < 4.78 is 6.40. The number of benzene rings is 1. The highest BCUT2D eigenvalue weighted by molar-refractivity contribution is 9.10. The first-order valence-electron chi connectivity index (χ1n) is 3.29. The Balaban J connectivity index is 2.86. The smallest absolute Gasteiger partial charge is 0.127 e. The summed E-state index contributed by atoms with van der Waals surface area (Å²) >= 11 is 4.92. The minimum absolute atomic E-state index is 0.956. The first-order valence-corrected chi connectivity index (χ1v) is 4.85. The van der Waals surface area contributed by atoms with Crippen molar-refractivity contribution in [1.82, 2.24) is 4.37 Å². The van der Waals surface area contributed by atoms with E-state index >= 15 is 0 Å². The summed E-state index contributed by atoms with van der Waals surface area (Å²) in [7, 11) is 0. The Kier molecular flexibility index (Phi) is 1.69. The zero-order chi connectivity index (χ0) is 7.84. The molecule has 0 saturated carbocycles. The van der Waals surface area contributed by atoms with Gasteiger partial charge < -0.3 is 0 Å². The van der Waals surface area contributed by atoms with Crippen LogP contribution < -0.4 is 0 Å². The summed E-state index contributed by atoms with van der Waals surface area (Å²) in [5, 5.41) is 1.21. The van der Waals surface area contributed by atoms with Crippen molar-refractivity contribution in [2.45, 2.75) is 6.92 Å². The molecule has 56 valence electrons. The van der Waals surface area contributed by atoms with Gasteiger partial charge in [-0.1, -0.05) is 12.1 Å². The highest BCUT2D eigenvalue weighted by atomic mass is 79.9. The maximum atomic E-state index is 4.20. The minimum Gasteiger partial charge on any atom is -0.184 e. The molecule has 11 heavy (non-hydrogen) atoms. The lowest BCUT2D eigenvalue weighted by molar-refractivity contribution is 1.50. The van der Waals surface area contributed by atoms with E-state index in [0.717, 1.165) is 4.60 Å². The predicted octanol–water partition coefficient (Wildman–Crippen LogP) is 3.37. The van der Waals surface area contributed by atoms with Crippen LogP contribution in [0.5, 0.6) is 0 Å². The maximum Gasteiger partial charge on any atom is 0.127 e. The van der Waals surface area contributed by atoms with Crippen LogP contribution in [-0.4, -0.2) is 4.37 Å². The van der Waals surface area contributed by atoms with Gasteiger partial charge >= 0.3 is 0 Å². The molecule has 0 N–H and O–H groups in total. The van der Waals surface area contributed by atoms with Gasteiger partial charge in [-0.15, -0.1) is 0 Å². The molecule has 0 unspecified atom stereocenters. The second kappa shape index (κ2) is 2.57. The third-order valence-corrected chi connectivity index (χ3v) is 3.23. The molecule has 3 heteroatoms. The standard InChI is InChI=1S/C8H6BrNS/c1-5-2-3-6-7(4-5)11-10-8(6)9/h2-4H,1H3. The Bertz CT molecular complexity index is 394. The molecule has 0 saturated heterocycles. The number of aryl methyl sites for hydroxylation is 1. The van der Waals surface area contributed by atoms with E-state index in [0.29, 0.717) is 0 Å². The molecular formula is C8H6BrNS. The monoisotopic (exact) mass is 227 g/mol. The van der Waals surface area contributed by atoms with Crippen molar-refractivity contribution in [1.29, 1.82) is 0 Å². The molecule has 0 amide bonds. The van der Waals surface area contributed by atoms with Crippen LogP contribution >= 0.6 is 27.5 Å². The fraction of sp³-hybridized carbons (Fsp3) is 0.125. The Morgan fingerprint density at radius 1 is 1.45 bits per heavy atom. The molecule has 0 spiro atoms. The second-order valence-electron chi connectivity index (χ2n) is 2.47. The quantitative estimate of drug-likeness (QED) is 0.673. The second-order valence-corrected chi connectivity index (χ2v) is 4.03. The molecule has 0 fully saturated rings. The van der Waals surface area contributed by atoms with Crippen molar-refractivity contribution in [2.24, 2.45) is 0 Å². The van der Waals surface area contributed by atoms with Crippen LogP contribution in [0.2, 0.25) is 0 Å². The van der Waals surface area contributed by atoms with E-state index < -0.39 is 0 Å². The third-order valence-electron chi connectivity index (χ3n) is 1.58. The summed E-state index contributed by atoms with van der Waals surface area (Å²) in [6, 6.07) is 6.34. The fourth-order valence-corrected chi connectivity index (χ4v) is 2.49. The van der Waals surface area contributed by atoms with Crippen LogP contribution in [0.4, 0.5) is 0 Å². The number of aromatic nitrogens is 1. The molecule has 0 aliphatic rings. The van der Waals surface area contributed by atoms with Crippen LogP contribution in [-0.2, 0) is 0 Å². The van der Waals surface area contributed by atoms with E-state index in [2.05, 4.69) is 45.4 Å². The molecule has 1 aromatic heterocycles. The van der Waals surface area contributed by atoms with Gasteiger partial charge in [0.1, 0.15) is 4.60 Å². The number of hydrogen-bond donors (Lipinski definition) is 0. The fourth-order valence-electron chi connectivity index (χ4n) is 1.01. The summed E-state index contributed by atoms with van der Waals surface area (Å²) in [5.41, 5.74) is 1.29. The Hall–Kier alpha value is -0.410. The zero-order valence-corrected chi connectivity index (χ0v) is 8.37. The average Bonchev–Trinajstić information content (AvgIpc) is 2.32. The van der Waals surface area contributed by atoms with Crippen LogP contribution in [0.25, 0.3) is 10.1 Å². The van der Waals surface area contributed by atoms with Gasteiger partial charge in [0.15, 0.2) is 0 Å².